The van der Waals surface area contributed by atoms with Gasteiger partial charge in [0.1, 0.15) is 30.2 Å². The van der Waals surface area contributed by atoms with Gasteiger partial charge in [0.15, 0.2) is 11.5 Å². The van der Waals surface area contributed by atoms with Crippen molar-refractivity contribution in [2.24, 2.45) is 17.3 Å². The molecule has 0 radical (unpaired) electrons. The number of ether oxygens (including phenoxy) is 4. The number of ketones is 1. The van der Waals surface area contributed by atoms with Crippen LogP contribution in [0.5, 0.6) is 17.2 Å². The van der Waals surface area contributed by atoms with Crippen molar-refractivity contribution >= 4 is 58.8 Å². The molecule has 0 aromatic heterocycles. The zero-order valence-electron chi connectivity index (χ0n) is 42.4. The summed E-state index contributed by atoms with van der Waals surface area (Å²) in [4.78, 5) is 96.0. The number of piperidine rings is 1. The lowest BCUT2D eigenvalue weighted by Crippen LogP contribution is -2.63. The summed E-state index contributed by atoms with van der Waals surface area (Å²) in [5, 5.41) is 29.0. The Kier molecular flexibility index (Phi) is 17.6. The molecule has 0 spiro atoms. The molecule has 0 bridgehead atoms. The first-order valence-corrected chi connectivity index (χ1v) is 25.8. The van der Waals surface area contributed by atoms with Crippen molar-refractivity contribution in [3.05, 3.63) is 94.0 Å². The molecule has 4 amide bonds. The summed E-state index contributed by atoms with van der Waals surface area (Å²) in [5.74, 6) is -3.45. The van der Waals surface area contributed by atoms with Gasteiger partial charge >= 0.3 is 11.9 Å². The van der Waals surface area contributed by atoms with Crippen LogP contribution in [0.4, 0.5) is 5.69 Å². The Bertz CT molecular complexity index is 2620. The van der Waals surface area contributed by atoms with Crippen molar-refractivity contribution < 1.29 is 62.7 Å². The number of carboxylic acid groups (broad SMARTS) is 1. The number of fused-ring (bicyclic) bond motifs is 1. The number of aliphatic hydroxyl groups is 1. The number of likely N-dealkylation sites (tertiary alicyclic amines) is 1. The van der Waals surface area contributed by atoms with Gasteiger partial charge in [0.05, 0.1) is 44.9 Å². The van der Waals surface area contributed by atoms with E-state index in [1.807, 2.05) is 38.1 Å². The number of hydrogen-bond donors (Lipinski definition) is 5. The van der Waals surface area contributed by atoms with Crippen molar-refractivity contribution in [1.82, 2.24) is 20.4 Å². The number of amides is 4. The van der Waals surface area contributed by atoms with Crippen LogP contribution in [-0.4, -0.2) is 131 Å². The summed E-state index contributed by atoms with van der Waals surface area (Å²) < 4.78 is 23.3. The van der Waals surface area contributed by atoms with Crippen LogP contribution in [0.25, 0.3) is 0 Å². The highest BCUT2D eigenvalue weighted by Crippen LogP contribution is 2.52. The van der Waals surface area contributed by atoms with Gasteiger partial charge in [-0.15, -0.1) is 11.8 Å². The maximum absolute atomic E-state index is 14.1. The molecule has 73 heavy (non-hydrogen) atoms. The summed E-state index contributed by atoms with van der Waals surface area (Å²) in [5.41, 5.74) is 1.35. The Balaban J connectivity index is 0.942. The van der Waals surface area contributed by atoms with Gasteiger partial charge in [-0.25, -0.2) is 9.59 Å². The molecule has 4 aliphatic rings. The van der Waals surface area contributed by atoms with E-state index in [0.717, 1.165) is 5.56 Å². The molecular weight excluding hydrogens is 959 g/mol. The van der Waals surface area contributed by atoms with Gasteiger partial charge in [-0.3, -0.25) is 24.0 Å². The predicted octanol–water partition coefficient (Wildman–Crippen LogP) is 5.67. The van der Waals surface area contributed by atoms with Crippen LogP contribution in [0.2, 0.25) is 0 Å². The lowest BCUT2D eigenvalue weighted by atomic mass is 9.79. The number of esters is 1. The number of carboxylic acids is 1. The van der Waals surface area contributed by atoms with E-state index >= 15 is 0 Å². The number of rotatable bonds is 22. The molecular formula is C54H67N5O13S. The molecule has 19 heteroatoms. The third kappa shape index (κ3) is 12.2. The van der Waals surface area contributed by atoms with E-state index in [1.54, 1.807) is 70.5 Å². The lowest BCUT2D eigenvalue weighted by Gasteiger charge is -2.46. The van der Waals surface area contributed by atoms with E-state index in [-0.39, 0.29) is 42.5 Å². The van der Waals surface area contributed by atoms with Crippen LogP contribution >= 0.6 is 11.8 Å². The molecule has 8 atom stereocenters. The average molecular weight is 1030 g/mol. The fourth-order valence-electron chi connectivity index (χ4n) is 9.91. The first-order valence-electron chi connectivity index (χ1n) is 24.9. The average Bonchev–Trinajstić information content (AvgIpc) is 3.96. The number of aliphatic carboxylic acids is 1. The minimum absolute atomic E-state index is 0.0535. The summed E-state index contributed by atoms with van der Waals surface area (Å²) >= 11 is 1.35. The highest BCUT2D eigenvalue weighted by atomic mass is 32.2. The second-order valence-corrected chi connectivity index (χ2v) is 21.0. The molecule has 18 nitrogen and oxygen atoms in total. The van der Waals surface area contributed by atoms with E-state index < -0.39 is 77.1 Å². The van der Waals surface area contributed by atoms with Gasteiger partial charge in [0, 0.05) is 45.8 Å². The number of methoxy groups -OCH3 is 2. The normalized spacial score (nSPS) is 22.4. The van der Waals surface area contributed by atoms with Crippen molar-refractivity contribution in [2.75, 3.05) is 45.8 Å². The maximum atomic E-state index is 14.1. The summed E-state index contributed by atoms with van der Waals surface area (Å²) in [6.45, 7) is 9.64. The van der Waals surface area contributed by atoms with E-state index in [0.29, 0.717) is 90.5 Å². The minimum Gasteiger partial charge on any atom is -0.493 e. The first-order chi connectivity index (χ1) is 34.9. The molecule has 1 unspecified atom stereocenters. The largest absolute Gasteiger partial charge is 0.493 e. The van der Waals surface area contributed by atoms with Gasteiger partial charge in [-0.05, 0) is 105 Å². The van der Waals surface area contributed by atoms with Gasteiger partial charge in [-0.2, -0.15) is 0 Å². The zero-order valence-corrected chi connectivity index (χ0v) is 43.3. The van der Waals surface area contributed by atoms with Gasteiger partial charge in [0.25, 0.3) is 11.8 Å². The van der Waals surface area contributed by atoms with Gasteiger partial charge < -0.3 is 54.9 Å². The predicted molar refractivity (Wildman–Crippen MR) is 272 cm³/mol. The van der Waals surface area contributed by atoms with E-state index in [1.165, 1.54) is 28.5 Å². The second kappa shape index (κ2) is 23.6. The zero-order chi connectivity index (χ0) is 52.7. The van der Waals surface area contributed by atoms with Crippen molar-refractivity contribution in [1.29, 1.82) is 0 Å². The fourth-order valence-corrected chi connectivity index (χ4v) is 11.4. The summed E-state index contributed by atoms with van der Waals surface area (Å²) in [6.07, 6.45) is 1.79. The van der Waals surface area contributed by atoms with Crippen LogP contribution in [0.3, 0.4) is 0 Å². The number of carbonyl (C=O) groups is 7. The number of aliphatic hydroxyl groups excluding tert-OH is 1. The molecule has 5 N–H and O–H groups in total. The number of nitrogens with one attached hydrogen (secondary N) is 3. The van der Waals surface area contributed by atoms with Gasteiger partial charge in [-0.1, -0.05) is 52.0 Å². The number of aryl methyl sites for hydroxylation is 1. The third-order valence-corrected chi connectivity index (χ3v) is 15.9. The number of hydrogen-bond acceptors (Lipinski definition) is 14. The Morgan fingerprint density at radius 1 is 0.973 bits per heavy atom. The van der Waals surface area contributed by atoms with Crippen LogP contribution < -0.4 is 30.2 Å². The molecule has 3 saturated heterocycles. The van der Waals surface area contributed by atoms with Crippen LogP contribution in [0, 0.1) is 17.3 Å². The van der Waals surface area contributed by atoms with Crippen LogP contribution in [-0.2, 0) is 39.9 Å². The SMILES string of the molecule is CCC(C)(C)C(=O)C(=O)N1CCCC[C@H]1C(=O)O[C@H](CCc1ccc(OC)c(OC)c1)c1cccc(OCCNC(=O)c2cccc(NC(=O)[C@@H]3C[C@H](SC4=C(C(=O)O)N5C(=O)[C@H](C(C)O)[C@H]5[C@H]4C)CN3)c2)c1. The fraction of sp³-hybridized carbons (Fsp3) is 0.500. The number of anilines is 1. The van der Waals surface area contributed by atoms with E-state index in [4.69, 9.17) is 18.9 Å². The molecule has 392 valence electrons. The smallest absolute Gasteiger partial charge is 0.353 e. The standard InChI is InChI=1S/C54H67N5O13S/c1-8-54(4,5)47(61)51(65)58-23-10-9-17-39(58)53(68)72-40(20-18-32-19-21-41(69-6)42(25-32)70-7)33-13-12-16-36(27-33)71-24-22-55-48(62)34-14-11-15-35(26-34)57-49(63)38-28-37(29-56-38)73-46-30(2)44-43(31(3)60)50(64)59(44)45(46)52(66)67/h11-16,19,21,25-27,30-31,37-40,43-44,56,60H,8-10,17-18,20,22-24,28-29H2,1-7H3,(H,55,62)(H,57,63)(H,66,67)/t30-,31?,37+,38+,39+,40-,43-,44-/m1/s1. The Morgan fingerprint density at radius 2 is 1.73 bits per heavy atom. The Labute approximate surface area is 429 Å². The molecule has 4 aliphatic heterocycles. The summed E-state index contributed by atoms with van der Waals surface area (Å²) in [7, 11) is 3.11. The topological polar surface area (TPSA) is 239 Å². The number of β-lactam (4-membered cyclic amide) rings is 1. The molecule has 3 aromatic carbocycles. The highest BCUT2D eigenvalue weighted by molar-refractivity contribution is 8.03. The number of benzene rings is 3. The number of carbonyl (C=O) groups excluding carboxylic acids is 6. The molecule has 0 aliphatic carbocycles. The molecule has 3 aromatic rings. The Hall–Kier alpha value is -6.44. The Morgan fingerprint density at radius 3 is 2.44 bits per heavy atom. The quantitative estimate of drug-likeness (QED) is 0.0353. The molecule has 7 rings (SSSR count). The molecule has 0 saturated carbocycles. The van der Waals surface area contributed by atoms with E-state index in [2.05, 4.69) is 16.0 Å². The second-order valence-electron chi connectivity index (χ2n) is 19.7. The molecule has 4 heterocycles. The monoisotopic (exact) mass is 1030 g/mol. The third-order valence-electron chi connectivity index (χ3n) is 14.4. The maximum Gasteiger partial charge on any atom is 0.353 e. The highest BCUT2D eigenvalue weighted by Gasteiger charge is 2.60. The number of thioether (sulfide) groups is 1. The summed E-state index contributed by atoms with van der Waals surface area (Å²) in [6, 6.07) is 17.3. The molecule has 3 fully saturated rings. The first kappa shape index (κ1) is 54.3. The van der Waals surface area contributed by atoms with Crippen molar-refractivity contribution in [3.8, 4) is 17.2 Å². The van der Waals surface area contributed by atoms with Crippen molar-refractivity contribution in [3.63, 3.8) is 0 Å². The lowest BCUT2D eigenvalue weighted by molar-refractivity contribution is -0.164. The van der Waals surface area contributed by atoms with Gasteiger partial charge in [0.2, 0.25) is 17.6 Å². The number of nitrogens with zero attached hydrogens (tertiary/aromatic N) is 2. The number of Topliss-reactive ketones (excluding diaryl/α,β-unsaturated/α-hetero) is 1. The van der Waals surface area contributed by atoms with E-state index in [9.17, 15) is 43.8 Å². The van der Waals surface area contributed by atoms with Crippen LogP contribution in [0.15, 0.2) is 77.3 Å². The minimum atomic E-state index is -1.20. The van der Waals surface area contributed by atoms with Crippen LogP contribution in [0.1, 0.15) is 101 Å². The van der Waals surface area contributed by atoms with Crippen molar-refractivity contribution in [2.45, 2.75) is 115 Å².